The predicted molar refractivity (Wildman–Crippen MR) is 88.6 cm³/mol. The van der Waals surface area contributed by atoms with Crippen LogP contribution >= 0.6 is 0 Å². The Labute approximate surface area is 139 Å². The van der Waals surface area contributed by atoms with Gasteiger partial charge >= 0.3 is 5.97 Å². The van der Waals surface area contributed by atoms with E-state index < -0.39 is 5.92 Å². The molecule has 0 amide bonds. The molecule has 1 atom stereocenters. The summed E-state index contributed by atoms with van der Waals surface area (Å²) in [6, 6.07) is 5.93. The SMILES string of the molecule is [C-]#[N+]C1=C(C)NC2=C(C(=O)OC2)C1c1ccc2[nH]nc(CC)c2c1. The number of fused-ring (bicyclic) bond motifs is 1. The number of carbonyl (C=O) groups excluding carboxylic acids is 1. The monoisotopic (exact) mass is 320 g/mol. The Morgan fingerprint density at radius 3 is 3.04 bits per heavy atom. The van der Waals surface area contributed by atoms with Crippen molar-refractivity contribution in [3.63, 3.8) is 0 Å². The molecule has 6 nitrogen and oxygen atoms in total. The molecule has 2 aliphatic heterocycles. The molecule has 1 unspecified atom stereocenters. The Bertz CT molecular complexity index is 975. The standard InChI is InChI=1S/C18H16N4O2/c1-4-12-11-7-10(5-6-13(11)22-21-12)15-16-14(8-24-18(16)23)20-9(2)17(15)19-3/h5-7,15,20H,4,8H2,1-2H3,(H,21,22). The second-order valence-electron chi connectivity index (χ2n) is 5.98. The average molecular weight is 320 g/mol. The molecule has 1 aromatic carbocycles. The van der Waals surface area contributed by atoms with Gasteiger partial charge in [0, 0.05) is 11.1 Å². The van der Waals surface area contributed by atoms with Gasteiger partial charge in [0.2, 0.25) is 0 Å². The molecule has 0 bridgehead atoms. The summed E-state index contributed by atoms with van der Waals surface area (Å²) in [7, 11) is 0. The van der Waals surface area contributed by atoms with Crippen molar-refractivity contribution < 1.29 is 9.53 Å². The van der Waals surface area contributed by atoms with Gasteiger partial charge in [0.1, 0.15) is 6.61 Å². The third-order valence-corrected chi connectivity index (χ3v) is 4.63. The summed E-state index contributed by atoms with van der Waals surface area (Å²) in [5, 5.41) is 11.5. The number of esters is 1. The van der Waals surface area contributed by atoms with Crippen molar-refractivity contribution in [2.24, 2.45) is 0 Å². The van der Waals surface area contributed by atoms with Gasteiger partial charge in [-0.2, -0.15) is 5.10 Å². The summed E-state index contributed by atoms with van der Waals surface area (Å²) in [6.45, 7) is 11.7. The zero-order valence-corrected chi connectivity index (χ0v) is 13.4. The van der Waals surface area contributed by atoms with Crippen LogP contribution in [0.25, 0.3) is 15.7 Å². The smallest absolute Gasteiger partial charge is 0.335 e. The first-order valence-corrected chi connectivity index (χ1v) is 7.86. The van der Waals surface area contributed by atoms with Crippen molar-refractivity contribution in [2.75, 3.05) is 6.61 Å². The van der Waals surface area contributed by atoms with Crippen LogP contribution in [0.4, 0.5) is 0 Å². The maximum atomic E-state index is 12.2. The summed E-state index contributed by atoms with van der Waals surface area (Å²) in [4.78, 5) is 15.9. The van der Waals surface area contributed by atoms with E-state index in [0.717, 1.165) is 40.0 Å². The molecule has 2 aliphatic rings. The molecule has 3 heterocycles. The second kappa shape index (κ2) is 5.24. The minimum absolute atomic E-state index is 0.238. The molecule has 0 radical (unpaired) electrons. The predicted octanol–water partition coefficient (Wildman–Crippen LogP) is 2.77. The maximum Gasteiger partial charge on any atom is 0.335 e. The molecule has 2 N–H and O–H groups in total. The lowest BCUT2D eigenvalue weighted by Crippen LogP contribution is -2.24. The van der Waals surface area contributed by atoms with Crippen LogP contribution in [0.1, 0.15) is 31.0 Å². The normalized spacial score (nSPS) is 20.0. The molecule has 0 spiro atoms. The number of dihydropyridines is 1. The highest BCUT2D eigenvalue weighted by Crippen LogP contribution is 2.42. The van der Waals surface area contributed by atoms with Crippen LogP contribution in [0.15, 0.2) is 40.9 Å². The minimum atomic E-state index is -0.391. The van der Waals surface area contributed by atoms with Crippen LogP contribution in [-0.2, 0) is 16.0 Å². The first-order valence-electron chi connectivity index (χ1n) is 7.86. The molecule has 120 valence electrons. The quantitative estimate of drug-likeness (QED) is 0.659. The number of H-pyrrole nitrogens is 1. The topological polar surface area (TPSA) is 71.4 Å². The molecule has 6 heteroatoms. The van der Waals surface area contributed by atoms with Crippen LogP contribution in [0, 0.1) is 6.57 Å². The fourth-order valence-corrected chi connectivity index (χ4v) is 3.46. The van der Waals surface area contributed by atoms with Crippen molar-refractivity contribution in [1.29, 1.82) is 0 Å². The average Bonchev–Trinajstić information content (AvgIpc) is 3.16. The van der Waals surface area contributed by atoms with Gasteiger partial charge < -0.3 is 10.1 Å². The number of ether oxygens (including phenoxy) is 1. The molecular formula is C18H16N4O2. The first kappa shape index (κ1) is 14.5. The minimum Gasteiger partial charge on any atom is -0.456 e. The van der Waals surface area contributed by atoms with Crippen LogP contribution in [0.2, 0.25) is 0 Å². The maximum absolute atomic E-state index is 12.2. The largest absolute Gasteiger partial charge is 0.456 e. The van der Waals surface area contributed by atoms with Crippen LogP contribution in [0.3, 0.4) is 0 Å². The third-order valence-electron chi connectivity index (χ3n) is 4.63. The van der Waals surface area contributed by atoms with E-state index in [4.69, 9.17) is 11.3 Å². The molecule has 1 aromatic heterocycles. The van der Waals surface area contributed by atoms with Crippen LogP contribution in [0.5, 0.6) is 0 Å². The van der Waals surface area contributed by atoms with Crippen molar-refractivity contribution in [3.8, 4) is 0 Å². The van der Waals surface area contributed by atoms with Crippen molar-refractivity contribution in [1.82, 2.24) is 15.5 Å². The number of nitrogens with one attached hydrogen (secondary N) is 2. The van der Waals surface area contributed by atoms with Gasteiger partial charge in [0.05, 0.1) is 35.0 Å². The molecular weight excluding hydrogens is 304 g/mol. The van der Waals surface area contributed by atoms with E-state index in [1.807, 2.05) is 25.1 Å². The Hall–Kier alpha value is -3.07. The second-order valence-corrected chi connectivity index (χ2v) is 5.98. The van der Waals surface area contributed by atoms with E-state index in [1.54, 1.807) is 0 Å². The van der Waals surface area contributed by atoms with E-state index in [2.05, 4.69) is 27.3 Å². The van der Waals surface area contributed by atoms with Crippen molar-refractivity contribution in [3.05, 3.63) is 63.5 Å². The molecule has 0 fully saturated rings. The number of nitrogens with zero attached hydrogens (tertiary/aromatic N) is 2. The highest BCUT2D eigenvalue weighted by molar-refractivity contribution is 5.95. The number of hydrogen-bond donors (Lipinski definition) is 2. The molecule has 0 aliphatic carbocycles. The van der Waals surface area contributed by atoms with E-state index in [0.29, 0.717) is 11.3 Å². The summed E-state index contributed by atoms with van der Waals surface area (Å²) >= 11 is 0. The number of aryl methyl sites for hydroxylation is 1. The number of benzene rings is 1. The zero-order valence-electron chi connectivity index (χ0n) is 13.4. The lowest BCUT2D eigenvalue weighted by atomic mass is 9.84. The Kier molecular flexibility index (Phi) is 3.17. The molecule has 2 aromatic rings. The van der Waals surface area contributed by atoms with Gasteiger partial charge in [-0.1, -0.05) is 13.0 Å². The lowest BCUT2D eigenvalue weighted by Gasteiger charge is -2.25. The summed E-state index contributed by atoms with van der Waals surface area (Å²) < 4.78 is 5.19. The van der Waals surface area contributed by atoms with E-state index in [9.17, 15) is 4.79 Å². The van der Waals surface area contributed by atoms with Gasteiger partial charge in [-0.15, -0.1) is 0 Å². The van der Waals surface area contributed by atoms with Gasteiger partial charge in [0.15, 0.2) is 5.70 Å². The van der Waals surface area contributed by atoms with E-state index in [-0.39, 0.29) is 12.6 Å². The summed E-state index contributed by atoms with van der Waals surface area (Å²) in [5.74, 6) is -0.739. The van der Waals surface area contributed by atoms with Crippen molar-refractivity contribution >= 4 is 16.9 Å². The molecule has 24 heavy (non-hydrogen) atoms. The van der Waals surface area contributed by atoms with Gasteiger partial charge in [0.25, 0.3) is 0 Å². The Morgan fingerprint density at radius 1 is 1.46 bits per heavy atom. The summed E-state index contributed by atoms with van der Waals surface area (Å²) in [5.41, 5.74) is 5.47. The van der Waals surface area contributed by atoms with Gasteiger partial charge in [-0.05, 0) is 31.0 Å². The first-order chi connectivity index (χ1) is 11.6. The highest BCUT2D eigenvalue weighted by Gasteiger charge is 2.39. The number of carbonyl (C=O) groups is 1. The number of hydrogen-bond acceptors (Lipinski definition) is 4. The van der Waals surface area contributed by atoms with Gasteiger partial charge in [-0.3, -0.25) is 5.10 Å². The van der Waals surface area contributed by atoms with E-state index >= 15 is 0 Å². The number of aromatic amines is 1. The molecule has 0 saturated carbocycles. The fourth-order valence-electron chi connectivity index (χ4n) is 3.46. The van der Waals surface area contributed by atoms with Crippen LogP contribution < -0.4 is 5.32 Å². The number of rotatable bonds is 2. The molecule has 4 rings (SSSR count). The number of aromatic nitrogens is 2. The van der Waals surface area contributed by atoms with Gasteiger partial charge in [-0.25, -0.2) is 9.64 Å². The van der Waals surface area contributed by atoms with Crippen LogP contribution in [-0.4, -0.2) is 22.8 Å². The van der Waals surface area contributed by atoms with E-state index in [1.165, 1.54) is 0 Å². The Balaban J connectivity index is 1.93. The Morgan fingerprint density at radius 2 is 2.29 bits per heavy atom. The number of cyclic esters (lactones) is 1. The molecule has 0 saturated heterocycles. The third kappa shape index (κ3) is 1.95. The highest BCUT2D eigenvalue weighted by atomic mass is 16.5. The van der Waals surface area contributed by atoms with Crippen molar-refractivity contribution in [2.45, 2.75) is 26.2 Å². The zero-order chi connectivity index (χ0) is 16.8. The number of allylic oxidation sites excluding steroid dienone is 2. The summed E-state index contributed by atoms with van der Waals surface area (Å²) in [6.07, 6.45) is 0.816. The lowest BCUT2D eigenvalue weighted by molar-refractivity contribution is -0.136. The fraction of sp³-hybridized carbons (Fsp3) is 0.278.